The minimum atomic E-state index is -0.965. The van der Waals surface area contributed by atoms with Crippen LogP contribution in [0.5, 0.6) is 28.7 Å². The van der Waals surface area contributed by atoms with Crippen LogP contribution in [-0.2, 0) is 16.0 Å². The van der Waals surface area contributed by atoms with E-state index in [-0.39, 0.29) is 36.9 Å². The molecule has 1 aliphatic heterocycles. The molecule has 3 N–H and O–H groups in total. The molecule has 1 atom stereocenters. The number of hydrogen-bond acceptors (Lipinski definition) is 9. The van der Waals surface area contributed by atoms with Gasteiger partial charge in [-0.15, -0.1) is 0 Å². The van der Waals surface area contributed by atoms with E-state index in [0.717, 1.165) is 17.5 Å². The zero-order chi connectivity index (χ0) is 27.9. The molecule has 2 aromatic carbocycles. The third kappa shape index (κ3) is 6.08. The molecule has 0 saturated carbocycles. The van der Waals surface area contributed by atoms with E-state index in [0.29, 0.717) is 35.8 Å². The van der Waals surface area contributed by atoms with Crippen molar-refractivity contribution >= 4 is 11.9 Å². The maximum atomic E-state index is 13.1. The van der Waals surface area contributed by atoms with E-state index in [1.807, 2.05) is 24.3 Å². The molecular weight excluding hydrogens is 508 g/mol. The predicted octanol–water partition coefficient (Wildman–Crippen LogP) is 2.88. The lowest BCUT2D eigenvalue weighted by Crippen LogP contribution is -2.29. The maximum absolute atomic E-state index is 13.1. The van der Waals surface area contributed by atoms with Crippen LogP contribution in [-0.4, -0.2) is 56.1 Å². The van der Waals surface area contributed by atoms with Gasteiger partial charge in [-0.2, -0.15) is 0 Å². The Morgan fingerprint density at radius 2 is 1.90 bits per heavy atom. The van der Waals surface area contributed by atoms with Gasteiger partial charge in [0.15, 0.2) is 11.5 Å². The Labute approximate surface area is 224 Å². The number of aromatic hydroxyl groups is 1. The molecule has 39 heavy (non-hydrogen) atoms. The SMILES string of the molecule is CCOC(=O)c1c[nH]c(=O)c([C@@H](CC(=O)NCCc2ccc(OC)cc2)c2cc(OC)c3c(c2)OCO3)c1O. The van der Waals surface area contributed by atoms with Gasteiger partial charge in [0, 0.05) is 25.1 Å². The zero-order valence-electron chi connectivity index (χ0n) is 21.9. The Kier molecular flexibility index (Phi) is 8.60. The molecule has 11 nitrogen and oxygen atoms in total. The number of aromatic nitrogens is 1. The number of ether oxygens (including phenoxy) is 5. The summed E-state index contributed by atoms with van der Waals surface area (Å²) in [7, 11) is 3.04. The summed E-state index contributed by atoms with van der Waals surface area (Å²) >= 11 is 0. The number of rotatable bonds is 11. The fourth-order valence-electron chi connectivity index (χ4n) is 4.36. The van der Waals surface area contributed by atoms with Gasteiger partial charge >= 0.3 is 5.97 Å². The number of aromatic amines is 1. The Morgan fingerprint density at radius 1 is 1.13 bits per heavy atom. The van der Waals surface area contributed by atoms with Crippen molar-refractivity contribution in [2.75, 3.05) is 34.2 Å². The summed E-state index contributed by atoms with van der Waals surface area (Å²) < 4.78 is 26.6. The van der Waals surface area contributed by atoms with Gasteiger partial charge < -0.3 is 39.1 Å². The highest BCUT2D eigenvalue weighted by molar-refractivity contribution is 5.92. The zero-order valence-corrected chi connectivity index (χ0v) is 21.9. The highest BCUT2D eigenvalue weighted by Gasteiger charge is 2.31. The second kappa shape index (κ2) is 12.2. The van der Waals surface area contributed by atoms with Gasteiger partial charge in [0.1, 0.15) is 17.1 Å². The highest BCUT2D eigenvalue weighted by Crippen LogP contribution is 2.45. The molecule has 0 unspecified atom stereocenters. The van der Waals surface area contributed by atoms with Crippen LogP contribution >= 0.6 is 0 Å². The van der Waals surface area contributed by atoms with Crippen molar-refractivity contribution in [1.29, 1.82) is 0 Å². The molecular formula is C28H30N2O9. The number of methoxy groups -OCH3 is 2. The Hall–Kier alpha value is -4.67. The van der Waals surface area contributed by atoms with E-state index in [9.17, 15) is 19.5 Å². The molecule has 206 valence electrons. The molecule has 1 aromatic heterocycles. The van der Waals surface area contributed by atoms with E-state index in [1.165, 1.54) is 7.11 Å². The molecule has 0 saturated heterocycles. The Bertz CT molecular complexity index is 1400. The van der Waals surface area contributed by atoms with Gasteiger partial charge in [0.2, 0.25) is 18.4 Å². The van der Waals surface area contributed by atoms with Crippen LogP contribution in [0, 0.1) is 0 Å². The minimum Gasteiger partial charge on any atom is -0.506 e. The molecule has 2 heterocycles. The van der Waals surface area contributed by atoms with E-state index >= 15 is 0 Å². The lowest BCUT2D eigenvalue weighted by atomic mass is 9.87. The van der Waals surface area contributed by atoms with E-state index < -0.39 is 23.2 Å². The van der Waals surface area contributed by atoms with Crippen LogP contribution in [0.4, 0.5) is 0 Å². The Balaban J connectivity index is 1.65. The van der Waals surface area contributed by atoms with Gasteiger partial charge in [-0.25, -0.2) is 4.79 Å². The van der Waals surface area contributed by atoms with Crippen molar-refractivity contribution in [2.24, 2.45) is 0 Å². The first-order valence-electron chi connectivity index (χ1n) is 12.3. The van der Waals surface area contributed by atoms with E-state index in [2.05, 4.69) is 10.3 Å². The maximum Gasteiger partial charge on any atom is 0.343 e. The summed E-state index contributed by atoms with van der Waals surface area (Å²) in [6, 6.07) is 10.7. The topological polar surface area (TPSA) is 145 Å². The fourth-order valence-corrected chi connectivity index (χ4v) is 4.36. The van der Waals surface area contributed by atoms with Crippen LogP contribution in [0.25, 0.3) is 0 Å². The number of nitrogens with one attached hydrogen (secondary N) is 2. The van der Waals surface area contributed by atoms with Crippen LogP contribution in [0.2, 0.25) is 0 Å². The van der Waals surface area contributed by atoms with Crippen LogP contribution in [0.3, 0.4) is 0 Å². The summed E-state index contributed by atoms with van der Waals surface area (Å²) in [5.41, 5.74) is 0.414. The second-order valence-electron chi connectivity index (χ2n) is 8.68. The van der Waals surface area contributed by atoms with Gasteiger partial charge in [-0.1, -0.05) is 12.1 Å². The summed E-state index contributed by atoms with van der Waals surface area (Å²) in [4.78, 5) is 41.0. The molecule has 1 aliphatic rings. The summed E-state index contributed by atoms with van der Waals surface area (Å²) in [6.07, 6.45) is 1.45. The average Bonchev–Trinajstić information content (AvgIpc) is 3.41. The summed E-state index contributed by atoms with van der Waals surface area (Å²) in [5.74, 6) is -0.877. The molecule has 4 rings (SSSR count). The quantitative estimate of drug-likeness (QED) is 0.314. The molecule has 0 fully saturated rings. The van der Waals surface area contributed by atoms with Gasteiger partial charge in [-0.3, -0.25) is 9.59 Å². The molecule has 0 aliphatic carbocycles. The molecule has 3 aromatic rings. The Morgan fingerprint density at radius 3 is 2.59 bits per heavy atom. The van der Waals surface area contributed by atoms with Gasteiger partial charge in [0.25, 0.3) is 5.56 Å². The molecule has 11 heteroatoms. The number of esters is 1. The average molecular weight is 539 g/mol. The van der Waals surface area contributed by atoms with Crippen molar-refractivity contribution < 1.29 is 38.4 Å². The van der Waals surface area contributed by atoms with Crippen molar-refractivity contribution in [2.45, 2.75) is 25.7 Å². The number of carbonyl (C=O) groups excluding carboxylic acids is 2. The van der Waals surface area contributed by atoms with E-state index in [4.69, 9.17) is 23.7 Å². The number of pyridine rings is 1. The minimum absolute atomic E-state index is 0.0180. The number of benzene rings is 2. The molecule has 0 spiro atoms. The van der Waals surface area contributed by atoms with Crippen LogP contribution in [0.1, 0.15) is 46.3 Å². The first-order chi connectivity index (χ1) is 18.9. The van der Waals surface area contributed by atoms with Gasteiger partial charge in [-0.05, 0) is 48.7 Å². The summed E-state index contributed by atoms with van der Waals surface area (Å²) in [6.45, 7) is 2.02. The predicted molar refractivity (Wildman–Crippen MR) is 140 cm³/mol. The fraction of sp³-hybridized carbons (Fsp3) is 0.321. The third-order valence-electron chi connectivity index (χ3n) is 6.31. The first kappa shape index (κ1) is 27.4. The molecule has 1 amide bonds. The number of amides is 1. The van der Waals surface area contributed by atoms with E-state index in [1.54, 1.807) is 26.2 Å². The molecule has 0 bridgehead atoms. The van der Waals surface area contributed by atoms with Crippen molar-refractivity contribution in [1.82, 2.24) is 10.3 Å². The monoisotopic (exact) mass is 538 g/mol. The van der Waals surface area contributed by atoms with Gasteiger partial charge in [0.05, 0.1) is 26.4 Å². The van der Waals surface area contributed by atoms with Crippen LogP contribution in [0.15, 0.2) is 47.4 Å². The van der Waals surface area contributed by atoms with Crippen molar-refractivity contribution in [3.05, 3.63) is 75.2 Å². The first-order valence-corrected chi connectivity index (χ1v) is 12.3. The van der Waals surface area contributed by atoms with Crippen molar-refractivity contribution in [3.63, 3.8) is 0 Å². The number of H-pyrrole nitrogens is 1. The van der Waals surface area contributed by atoms with Crippen LogP contribution < -0.4 is 29.8 Å². The number of fused-ring (bicyclic) bond motifs is 1. The number of carbonyl (C=O) groups is 2. The normalized spacial score (nSPS) is 12.5. The second-order valence-corrected chi connectivity index (χ2v) is 8.68. The standard InChI is InChI=1S/C28H30N2O9/c1-4-37-28(34)20-14-30-27(33)24(25(20)32)19(17-11-21(36-3)26-22(12-17)38-15-39-26)13-23(31)29-10-9-16-5-7-18(35-2)8-6-16/h5-8,11-12,14,19H,4,9-10,13,15H2,1-3H3,(H,29,31)(H2,30,32,33)/t19-/m0/s1. The lowest BCUT2D eigenvalue weighted by molar-refractivity contribution is -0.121. The third-order valence-corrected chi connectivity index (χ3v) is 6.31. The number of hydrogen-bond donors (Lipinski definition) is 3. The molecule has 0 radical (unpaired) electrons. The van der Waals surface area contributed by atoms with Crippen molar-refractivity contribution in [3.8, 4) is 28.7 Å². The largest absolute Gasteiger partial charge is 0.506 e. The highest BCUT2D eigenvalue weighted by atomic mass is 16.7. The smallest absolute Gasteiger partial charge is 0.343 e. The lowest BCUT2D eigenvalue weighted by Gasteiger charge is -2.20. The summed E-state index contributed by atoms with van der Waals surface area (Å²) in [5, 5.41) is 13.9.